The van der Waals surface area contributed by atoms with Gasteiger partial charge in [0.05, 0.1) is 5.69 Å². The van der Waals surface area contributed by atoms with E-state index in [0.29, 0.717) is 5.92 Å². The molecule has 4 saturated carbocycles. The van der Waals surface area contributed by atoms with Gasteiger partial charge in [0.15, 0.2) is 0 Å². The molecule has 0 radical (unpaired) electrons. The second-order valence-corrected chi connectivity index (χ2v) is 18.0. The topological polar surface area (TPSA) is 16.4 Å². The molecular formula is C55H45NO. The van der Waals surface area contributed by atoms with Crippen LogP contribution in [0.2, 0.25) is 0 Å². The molecule has 1 heterocycles. The van der Waals surface area contributed by atoms with Gasteiger partial charge in [0.25, 0.3) is 0 Å². The zero-order chi connectivity index (χ0) is 37.2. The van der Waals surface area contributed by atoms with Crippen molar-refractivity contribution in [3.8, 4) is 22.3 Å². The standard InChI is InChI=1S/C55H45NO/c1-2-11-43-37(10-1)32-38(44-12-3-4-13-45(43)44)27-34-20-22-41(23-21-34)56(42-24-25-47-46-14-6-8-19-52(46)57-53(47)33-42)51-18-9-17-50-54(51)48-15-5-7-16-49(48)55(50)39-28-35-26-36(30-39)31-40(55)29-35/h1-25,33,35-36,38-40H,26-32H2. The summed E-state index contributed by atoms with van der Waals surface area (Å²) in [6, 6.07) is 59.7. The summed E-state index contributed by atoms with van der Waals surface area (Å²) in [4.78, 5) is 2.53. The summed E-state index contributed by atoms with van der Waals surface area (Å²) >= 11 is 0. The predicted octanol–water partition coefficient (Wildman–Crippen LogP) is 14.3. The van der Waals surface area contributed by atoms with Crippen molar-refractivity contribution in [2.75, 3.05) is 4.90 Å². The van der Waals surface area contributed by atoms with E-state index in [9.17, 15) is 0 Å². The number of fused-ring (bicyclic) bond motifs is 9. The molecule has 8 aromatic rings. The fraction of sp³-hybridized carbons (Fsp3) is 0.236. The van der Waals surface area contributed by atoms with Gasteiger partial charge in [0.1, 0.15) is 11.2 Å². The Balaban J connectivity index is 0.958. The number of para-hydroxylation sites is 1. The van der Waals surface area contributed by atoms with Gasteiger partial charge in [-0.3, -0.25) is 0 Å². The second kappa shape index (κ2) is 12.1. The van der Waals surface area contributed by atoms with Crippen molar-refractivity contribution in [2.24, 2.45) is 23.7 Å². The number of hydrogen-bond donors (Lipinski definition) is 0. The third kappa shape index (κ3) is 4.59. The fourth-order valence-electron chi connectivity index (χ4n) is 13.3. The number of benzene rings is 7. The van der Waals surface area contributed by atoms with E-state index in [1.807, 2.05) is 0 Å². The molecule has 1 atom stereocenters. The van der Waals surface area contributed by atoms with Crippen LogP contribution in [0, 0.1) is 23.7 Å². The molecule has 4 fully saturated rings. The highest BCUT2D eigenvalue weighted by atomic mass is 16.3. The molecule has 2 heteroatoms. The van der Waals surface area contributed by atoms with Gasteiger partial charge in [-0.1, -0.05) is 115 Å². The van der Waals surface area contributed by atoms with Crippen molar-refractivity contribution in [2.45, 2.75) is 56.3 Å². The molecule has 4 bridgehead atoms. The lowest BCUT2D eigenvalue weighted by atomic mass is 9.43. The molecule has 2 nitrogen and oxygen atoms in total. The molecule has 57 heavy (non-hydrogen) atoms. The summed E-state index contributed by atoms with van der Waals surface area (Å²) in [6.07, 6.45) is 9.08. The number of hydrogen-bond acceptors (Lipinski definition) is 2. The number of furan rings is 1. The first-order valence-corrected chi connectivity index (χ1v) is 21.4. The predicted molar refractivity (Wildman–Crippen MR) is 234 cm³/mol. The lowest BCUT2D eigenvalue weighted by Crippen LogP contribution is -2.55. The zero-order valence-electron chi connectivity index (χ0n) is 32.2. The maximum absolute atomic E-state index is 6.55. The quantitative estimate of drug-likeness (QED) is 0.175. The van der Waals surface area contributed by atoms with Gasteiger partial charge in [0, 0.05) is 39.2 Å². The highest BCUT2D eigenvalue weighted by molar-refractivity contribution is 6.06. The highest BCUT2D eigenvalue weighted by Crippen LogP contribution is 2.70. The fourth-order valence-corrected chi connectivity index (χ4v) is 13.3. The molecule has 6 aliphatic carbocycles. The van der Waals surface area contributed by atoms with Gasteiger partial charge in [-0.05, 0) is 155 Å². The lowest BCUT2D eigenvalue weighted by molar-refractivity contribution is -0.0399. The molecular weight excluding hydrogens is 691 g/mol. The van der Waals surface area contributed by atoms with E-state index >= 15 is 0 Å². The lowest BCUT2D eigenvalue weighted by Gasteiger charge is -2.61. The summed E-state index contributed by atoms with van der Waals surface area (Å²) in [6.45, 7) is 0. The average molecular weight is 736 g/mol. The van der Waals surface area contributed by atoms with Crippen LogP contribution in [0.25, 0.3) is 44.2 Å². The maximum Gasteiger partial charge on any atom is 0.137 e. The van der Waals surface area contributed by atoms with E-state index in [0.717, 1.165) is 58.8 Å². The minimum atomic E-state index is 0.114. The molecule has 1 spiro atoms. The van der Waals surface area contributed by atoms with E-state index in [1.165, 1.54) is 87.8 Å². The minimum absolute atomic E-state index is 0.114. The molecule has 0 saturated heterocycles. The van der Waals surface area contributed by atoms with Gasteiger partial charge in [-0.15, -0.1) is 0 Å². The monoisotopic (exact) mass is 735 g/mol. The van der Waals surface area contributed by atoms with Crippen molar-refractivity contribution >= 4 is 39.0 Å². The highest BCUT2D eigenvalue weighted by Gasteiger charge is 2.61. The second-order valence-electron chi connectivity index (χ2n) is 18.0. The van der Waals surface area contributed by atoms with Gasteiger partial charge < -0.3 is 9.32 Å². The summed E-state index contributed by atoms with van der Waals surface area (Å²) in [5, 5.41) is 2.33. The third-order valence-corrected chi connectivity index (χ3v) is 15.3. The normalized spacial score (nSPS) is 24.7. The minimum Gasteiger partial charge on any atom is -0.456 e. The summed E-state index contributed by atoms with van der Waals surface area (Å²) < 4.78 is 6.55. The van der Waals surface area contributed by atoms with E-state index in [4.69, 9.17) is 4.42 Å². The Morgan fingerprint density at radius 2 is 1.19 bits per heavy atom. The Hall–Kier alpha value is -5.86. The number of rotatable bonds is 5. The molecule has 276 valence electrons. The Bertz CT molecular complexity index is 2870. The van der Waals surface area contributed by atoms with Crippen molar-refractivity contribution in [3.63, 3.8) is 0 Å². The first-order valence-electron chi connectivity index (χ1n) is 21.4. The van der Waals surface area contributed by atoms with Crippen molar-refractivity contribution in [3.05, 3.63) is 186 Å². The number of nitrogens with zero attached hydrogens (tertiary/aromatic N) is 1. The maximum atomic E-state index is 6.55. The van der Waals surface area contributed by atoms with Crippen molar-refractivity contribution in [1.82, 2.24) is 0 Å². The van der Waals surface area contributed by atoms with Gasteiger partial charge in [0.2, 0.25) is 0 Å². The third-order valence-electron chi connectivity index (χ3n) is 15.3. The van der Waals surface area contributed by atoms with E-state index in [2.05, 4.69) is 163 Å². The largest absolute Gasteiger partial charge is 0.456 e. The Morgan fingerprint density at radius 1 is 0.526 bits per heavy atom. The van der Waals surface area contributed by atoms with Gasteiger partial charge in [-0.25, -0.2) is 0 Å². The smallest absolute Gasteiger partial charge is 0.137 e. The molecule has 6 aliphatic rings. The van der Waals surface area contributed by atoms with E-state index in [1.54, 1.807) is 11.1 Å². The SMILES string of the molecule is c1ccc2c(c1)CC(Cc1ccc(N(c3ccc4c(c3)oc3ccccc34)c3cccc4c3-c3ccccc3C43C4CC5CC(C4)CC3C5)cc1)c1ccccc1-2. The van der Waals surface area contributed by atoms with Crippen molar-refractivity contribution in [1.29, 1.82) is 0 Å². The van der Waals surface area contributed by atoms with Gasteiger partial charge >= 0.3 is 0 Å². The Kier molecular flexibility index (Phi) is 6.83. The number of anilines is 3. The van der Waals surface area contributed by atoms with Crippen LogP contribution in [-0.2, 0) is 18.3 Å². The van der Waals surface area contributed by atoms with Crippen LogP contribution in [0.5, 0.6) is 0 Å². The van der Waals surface area contributed by atoms with Crippen LogP contribution in [-0.4, -0.2) is 0 Å². The average Bonchev–Trinajstić information content (AvgIpc) is 3.77. The zero-order valence-corrected chi connectivity index (χ0v) is 32.2. The molecule has 0 aliphatic heterocycles. The Morgan fingerprint density at radius 3 is 2.04 bits per heavy atom. The van der Waals surface area contributed by atoms with Crippen LogP contribution < -0.4 is 4.90 Å². The first kappa shape index (κ1) is 32.2. The van der Waals surface area contributed by atoms with Crippen LogP contribution in [0.1, 0.15) is 65.8 Å². The summed E-state index contributed by atoms with van der Waals surface area (Å²) in [7, 11) is 0. The molecule has 7 aromatic carbocycles. The van der Waals surface area contributed by atoms with E-state index in [-0.39, 0.29) is 5.41 Å². The van der Waals surface area contributed by atoms with Crippen LogP contribution in [0.3, 0.4) is 0 Å². The Labute approximate surface area is 334 Å². The van der Waals surface area contributed by atoms with E-state index < -0.39 is 0 Å². The first-order chi connectivity index (χ1) is 28.2. The van der Waals surface area contributed by atoms with Crippen molar-refractivity contribution < 1.29 is 4.42 Å². The van der Waals surface area contributed by atoms with Gasteiger partial charge in [-0.2, -0.15) is 0 Å². The summed E-state index contributed by atoms with van der Waals surface area (Å²) in [5.41, 5.74) is 18.7. The van der Waals surface area contributed by atoms with Crippen LogP contribution in [0.15, 0.2) is 162 Å². The molecule has 1 aromatic heterocycles. The van der Waals surface area contributed by atoms with Crippen LogP contribution >= 0.6 is 0 Å². The molecule has 1 unspecified atom stereocenters. The molecule has 14 rings (SSSR count). The van der Waals surface area contributed by atoms with Crippen LogP contribution in [0.4, 0.5) is 17.1 Å². The molecule has 0 amide bonds. The summed E-state index contributed by atoms with van der Waals surface area (Å²) in [5.74, 6) is 3.73. The molecule has 0 N–H and O–H groups in total.